The van der Waals surface area contributed by atoms with Gasteiger partial charge < -0.3 is 15.0 Å². The van der Waals surface area contributed by atoms with Gasteiger partial charge in [0.1, 0.15) is 0 Å². The van der Waals surface area contributed by atoms with Gasteiger partial charge in [-0.25, -0.2) is 4.79 Å². The summed E-state index contributed by atoms with van der Waals surface area (Å²) in [5, 5.41) is 3.19. The topological polar surface area (TPSA) is 75.7 Å². The summed E-state index contributed by atoms with van der Waals surface area (Å²) in [7, 11) is 0. The van der Waals surface area contributed by atoms with Gasteiger partial charge in [-0.2, -0.15) is 0 Å². The number of ether oxygens (including phenoxy) is 1. The quantitative estimate of drug-likeness (QED) is 0.695. The molecule has 1 aliphatic heterocycles. The molecule has 2 aromatic carbocycles. The number of carbonyl (C=O) groups is 3. The zero-order valence-corrected chi connectivity index (χ0v) is 19.1. The number of hydrogen-bond acceptors (Lipinski definition) is 5. The van der Waals surface area contributed by atoms with Crippen LogP contribution in [-0.4, -0.2) is 36.2 Å². The number of esters is 1. The van der Waals surface area contributed by atoms with E-state index in [-0.39, 0.29) is 24.0 Å². The van der Waals surface area contributed by atoms with Crippen LogP contribution in [0.25, 0.3) is 0 Å². The molecule has 1 N–H and O–H groups in total. The van der Waals surface area contributed by atoms with Crippen LogP contribution in [0.5, 0.6) is 0 Å². The number of fused-ring (bicyclic) bond motifs is 1. The summed E-state index contributed by atoms with van der Waals surface area (Å²) in [6, 6.07) is 14.3. The van der Waals surface area contributed by atoms with Crippen molar-refractivity contribution in [2.45, 2.75) is 44.3 Å². The van der Waals surface area contributed by atoms with E-state index in [0.717, 1.165) is 17.0 Å². The van der Waals surface area contributed by atoms with E-state index >= 15 is 0 Å². The van der Waals surface area contributed by atoms with Crippen LogP contribution >= 0.6 is 11.8 Å². The first kappa shape index (κ1) is 22.9. The molecule has 0 fully saturated rings. The number of benzene rings is 2. The summed E-state index contributed by atoms with van der Waals surface area (Å²) in [5.41, 5.74) is 1.08. The van der Waals surface area contributed by atoms with Crippen molar-refractivity contribution in [3.05, 3.63) is 54.1 Å². The molecule has 0 saturated carbocycles. The van der Waals surface area contributed by atoms with Gasteiger partial charge >= 0.3 is 5.97 Å². The summed E-state index contributed by atoms with van der Waals surface area (Å²) in [6.07, 6.45) is 0.856. The van der Waals surface area contributed by atoms with Crippen LogP contribution in [0.3, 0.4) is 0 Å². The van der Waals surface area contributed by atoms with Crippen molar-refractivity contribution in [3.8, 4) is 0 Å². The lowest BCUT2D eigenvalue weighted by atomic mass is 9.95. The maximum atomic E-state index is 12.9. The third kappa shape index (κ3) is 5.88. The van der Waals surface area contributed by atoms with Crippen LogP contribution in [0.4, 0.5) is 11.4 Å². The molecule has 0 spiro atoms. The Balaban J connectivity index is 1.65. The number of nitrogens with zero attached hydrogens (tertiary/aromatic N) is 1. The van der Waals surface area contributed by atoms with E-state index in [1.165, 1.54) is 0 Å². The fourth-order valence-electron chi connectivity index (χ4n) is 3.08. The van der Waals surface area contributed by atoms with Crippen LogP contribution in [-0.2, 0) is 14.3 Å². The predicted octanol–water partition coefficient (Wildman–Crippen LogP) is 4.75. The molecule has 0 aromatic heterocycles. The Kier molecular flexibility index (Phi) is 7.05. The Hall–Kier alpha value is -2.80. The van der Waals surface area contributed by atoms with Gasteiger partial charge in [0.05, 0.1) is 11.3 Å². The number of amides is 2. The van der Waals surface area contributed by atoms with Crippen molar-refractivity contribution in [2.24, 2.45) is 5.41 Å². The van der Waals surface area contributed by atoms with Crippen LogP contribution in [0.15, 0.2) is 53.4 Å². The average Bonchev–Trinajstić information content (AvgIpc) is 2.89. The minimum atomic E-state index is -0.606. The van der Waals surface area contributed by atoms with Crippen molar-refractivity contribution in [1.82, 2.24) is 0 Å². The Morgan fingerprint density at radius 3 is 2.61 bits per heavy atom. The van der Waals surface area contributed by atoms with Crippen molar-refractivity contribution in [2.75, 3.05) is 23.4 Å². The highest BCUT2D eigenvalue weighted by molar-refractivity contribution is 8.00. The van der Waals surface area contributed by atoms with E-state index in [1.807, 2.05) is 45.0 Å². The largest absolute Gasteiger partial charge is 0.452 e. The standard InChI is InChI=1S/C24H28N2O4S/c1-16-12-13-26(19-10-5-6-11-20(19)31-16)21(27)15-30-22(28)17-8-7-9-18(14-17)25-23(29)24(2,3)4/h5-11,14,16H,12-13,15H2,1-4H3,(H,25,29). The molecule has 0 saturated heterocycles. The van der Waals surface area contributed by atoms with E-state index in [4.69, 9.17) is 4.74 Å². The highest BCUT2D eigenvalue weighted by atomic mass is 32.2. The second kappa shape index (κ2) is 9.56. The molecular weight excluding hydrogens is 412 g/mol. The van der Waals surface area contributed by atoms with Crippen molar-refractivity contribution < 1.29 is 19.1 Å². The minimum absolute atomic E-state index is 0.153. The summed E-state index contributed by atoms with van der Waals surface area (Å²) in [4.78, 5) is 40.3. The number of hydrogen-bond donors (Lipinski definition) is 1. The van der Waals surface area contributed by atoms with E-state index in [0.29, 0.717) is 17.5 Å². The molecule has 3 rings (SSSR count). The molecule has 31 heavy (non-hydrogen) atoms. The zero-order chi connectivity index (χ0) is 22.6. The number of carbonyl (C=O) groups excluding carboxylic acids is 3. The molecule has 1 unspecified atom stereocenters. The van der Waals surface area contributed by atoms with Crippen LogP contribution in [0.1, 0.15) is 44.5 Å². The smallest absolute Gasteiger partial charge is 0.338 e. The third-order valence-electron chi connectivity index (χ3n) is 4.91. The summed E-state index contributed by atoms with van der Waals surface area (Å²) in [5.74, 6) is -1.01. The SMILES string of the molecule is CC1CCN(C(=O)COC(=O)c2cccc(NC(=O)C(C)(C)C)c2)c2ccccc2S1. The lowest BCUT2D eigenvalue weighted by Gasteiger charge is -2.22. The van der Waals surface area contributed by atoms with Gasteiger partial charge in [0.15, 0.2) is 6.61 Å². The normalized spacial score (nSPS) is 16.1. The van der Waals surface area contributed by atoms with Crippen molar-refractivity contribution in [1.29, 1.82) is 0 Å². The van der Waals surface area contributed by atoms with Crippen molar-refractivity contribution >= 4 is 40.9 Å². The Morgan fingerprint density at radius 2 is 1.87 bits per heavy atom. The van der Waals surface area contributed by atoms with Crippen LogP contribution in [0, 0.1) is 5.41 Å². The van der Waals surface area contributed by atoms with Crippen molar-refractivity contribution in [3.63, 3.8) is 0 Å². The summed E-state index contributed by atoms with van der Waals surface area (Å²) >= 11 is 1.75. The first-order chi connectivity index (χ1) is 14.6. The molecular formula is C24H28N2O4S. The molecule has 0 radical (unpaired) electrons. The number of anilines is 2. The second-order valence-corrected chi connectivity index (χ2v) is 10.1. The summed E-state index contributed by atoms with van der Waals surface area (Å²) < 4.78 is 5.30. The molecule has 0 bridgehead atoms. The monoisotopic (exact) mass is 440 g/mol. The molecule has 2 aromatic rings. The molecule has 6 nitrogen and oxygen atoms in total. The van der Waals surface area contributed by atoms with E-state index in [9.17, 15) is 14.4 Å². The maximum Gasteiger partial charge on any atom is 0.338 e. The maximum absolute atomic E-state index is 12.9. The fraction of sp³-hybridized carbons (Fsp3) is 0.375. The van der Waals surface area contributed by atoms with Gasteiger partial charge in [-0.15, -0.1) is 11.8 Å². The highest BCUT2D eigenvalue weighted by Gasteiger charge is 2.25. The minimum Gasteiger partial charge on any atom is -0.452 e. The molecule has 1 atom stereocenters. The van der Waals surface area contributed by atoms with Crippen LogP contribution in [0.2, 0.25) is 0 Å². The van der Waals surface area contributed by atoms with E-state index in [2.05, 4.69) is 12.2 Å². The first-order valence-corrected chi connectivity index (χ1v) is 11.2. The second-order valence-electron chi connectivity index (χ2n) is 8.59. The fourth-order valence-corrected chi connectivity index (χ4v) is 4.19. The van der Waals surface area contributed by atoms with Gasteiger partial charge in [0.2, 0.25) is 5.91 Å². The number of rotatable bonds is 4. The van der Waals surface area contributed by atoms with E-state index < -0.39 is 11.4 Å². The van der Waals surface area contributed by atoms with Gasteiger partial charge in [0.25, 0.3) is 5.91 Å². The van der Waals surface area contributed by atoms with Gasteiger partial charge in [0, 0.05) is 27.8 Å². The molecule has 2 amide bonds. The lowest BCUT2D eigenvalue weighted by Crippen LogP contribution is -2.35. The van der Waals surface area contributed by atoms with Gasteiger partial charge in [-0.3, -0.25) is 9.59 Å². The number of nitrogens with one attached hydrogen (secondary N) is 1. The molecule has 1 aliphatic rings. The number of para-hydroxylation sites is 1. The summed E-state index contributed by atoms with van der Waals surface area (Å²) in [6.45, 7) is 7.81. The third-order valence-corrected chi connectivity index (χ3v) is 6.15. The molecule has 0 aliphatic carbocycles. The van der Waals surface area contributed by atoms with Crippen LogP contribution < -0.4 is 10.2 Å². The Bertz CT molecular complexity index is 984. The molecule has 1 heterocycles. The Morgan fingerprint density at radius 1 is 1.13 bits per heavy atom. The Labute approximate surface area is 187 Å². The first-order valence-electron chi connectivity index (χ1n) is 10.3. The predicted molar refractivity (Wildman–Crippen MR) is 124 cm³/mol. The van der Waals surface area contributed by atoms with Gasteiger partial charge in [-0.1, -0.05) is 45.9 Å². The van der Waals surface area contributed by atoms with Gasteiger partial charge in [-0.05, 0) is 36.8 Å². The molecule has 164 valence electrons. The zero-order valence-electron chi connectivity index (χ0n) is 18.3. The average molecular weight is 441 g/mol. The highest BCUT2D eigenvalue weighted by Crippen LogP contribution is 2.37. The van der Waals surface area contributed by atoms with E-state index in [1.54, 1.807) is 40.9 Å². The number of thioether (sulfide) groups is 1. The lowest BCUT2D eigenvalue weighted by molar-refractivity contribution is -0.123. The molecule has 7 heteroatoms.